The summed E-state index contributed by atoms with van der Waals surface area (Å²) in [4.78, 5) is 0. The molecule has 92 valence electrons. The zero-order chi connectivity index (χ0) is 12.9. The molecule has 0 atom stereocenters. The van der Waals surface area contributed by atoms with Gasteiger partial charge in [0, 0.05) is 0 Å². The second-order valence-electron chi connectivity index (χ2n) is 5.07. The average Bonchev–Trinajstić information content (AvgIpc) is 2.09. The van der Waals surface area contributed by atoms with Crippen molar-refractivity contribution in [2.45, 2.75) is 58.2 Å². The van der Waals surface area contributed by atoms with Gasteiger partial charge in [0.25, 0.3) is 0 Å². The molecule has 0 aromatic carbocycles. The Morgan fingerprint density at radius 2 is 1.31 bits per heavy atom. The molecule has 0 amide bonds. The normalized spacial score (nSPS) is 11.7. The van der Waals surface area contributed by atoms with E-state index in [1.54, 1.807) is 0 Å². The third kappa shape index (κ3) is 3.55. The molecule has 0 spiro atoms. The maximum atomic E-state index is 8.61. The highest BCUT2D eigenvalue weighted by Crippen LogP contribution is 2.40. The molecule has 16 heavy (non-hydrogen) atoms. The smallest absolute Gasteiger partial charge is 0.463 e. The zero-order valence-electron chi connectivity index (χ0n) is 11.1. The molecule has 0 bridgehead atoms. The summed E-state index contributed by atoms with van der Waals surface area (Å²) in [5, 5.41) is 17.2. The third-order valence-electron chi connectivity index (χ3n) is 3.30. The van der Waals surface area contributed by atoms with Gasteiger partial charge in [-0.3, -0.25) is 0 Å². The van der Waals surface area contributed by atoms with Gasteiger partial charge in [0.2, 0.25) is 0 Å². The highest BCUT2D eigenvalue weighted by molar-refractivity contribution is 6.90. The van der Waals surface area contributed by atoms with E-state index in [1.165, 1.54) is 0 Å². The van der Waals surface area contributed by atoms with E-state index in [2.05, 4.69) is 57.8 Å². The molecule has 5 heteroatoms. The van der Waals surface area contributed by atoms with Crippen LogP contribution in [0.25, 0.3) is 0 Å². The molecule has 0 aromatic heterocycles. The van der Waals surface area contributed by atoms with E-state index in [0.717, 1.165) is 0 Å². The van der Waals surface area contributed by atoms with Crippen LogP contribution < -0.4 is 0 Å². The van der Waals surface area contributed by atoms with Crippen molar-refractivity contribution < 1.29 is 14.7 Å². The first-order valence-electron chi connectivity index (χ1n) is 5.79. The molecule has 0 saturated carbocycles. The molecule has 0 radical (unpaired) electrons. The van der Waals surface area contributed by atoms with Gasteiger partial charge >= 0.3 is 7.32 Å². The molecule has 0 rings (SSSR count). The molecule has 0 aromatic rings. The summed E-state index contributed by atoms with van der Waals surface area (Å²) in [6.07, 6.45) is 2.48. The van der Waals surface area contributed by atoms with Gasteiger partial charge in [0.15, 0.2) is 0 Å². The van der Waals surface area contributed by atoms with Crippen LogP contribution in [-0.4, -0.2) is 25.4 Å². The fourth-order valence-corrected chi connectivity index (χ4v) is 7.71. The third-order valence-corrected chi connectivity index (χ3v) is 9.57. The van der Waals surface area contributed by atoms with E-state index in [9.17, 15) is 0 Å². The Bertz CT molecular complexity index is 244. The van der Waals surface area contributed by atoms with Crippen molar-refractivity contribution in [1.82, 2.24) is 0 Å². The standard InChI is InChI=1S/C11H23BO3Si/c1-9(2)16(10(3)4,11(5)6)8-7-15-12(13)14/h9-11,13-14H,1-6H3. The Morgan fingerprint density at radius 3 is 1.56 bits per heavy atom. The lowest BCUT2D eigenvalue weighted by molar-refractivity contribution is 0.271. The molecule has 0 aliphatic carbocycles. The minimum atomic E-state index is -1.80. The van der Waals surface area contributed by atoms with Gasteiger partial charge in [0.1, 0.15) is 8.07 Å². The van der Waals surface area contributed by atoms with E-state index in [1.807, 2.05) is 0 Å². The summed E-state index contributed by atoms with van der Waals surface area (Å²) < 4.78 is 4.53. The van der Waals surface area contributed by atoms with Crippen LogP contribution in [0.2, 0.25) is 16.6 Å². The maximum Gasteiger partial charge on any atom is 0.716 e. The Labute approximate surface area is 100 Å². The van der Waals surface area contributed by atoms with E-state index in [4.69, 9.17) is 10.0 Å². The van der Waals surface area contributed by atoms with Gasteiger partial charge in [-0.1, -0.05) is 47.1 Å². The summed E-state index contributed by atoms with van der Waals surface area (Å²) in [7, 11) is -3.60. The lowest BCUT2D eigenvalue weighted by Gasteiger charge is -2.37. The molecule has 3 nitrogen and oxygen atoms in total. The van der Waals surface area contributed by atoms with E-state index < -0.39 is 15.4 Å². The Morgan fingerprint density at radius 1 is 0.938 bits per heavy atom. The molecule has 0 heterocycles. The average molecular weight is 242 g/mol. The van der Waals surface area contributed by atoms with Gasteiger partial charge in [-0.05, 0) is 16.6 Å². The summed E-state index contributed by atoms with van der Waals surface area (Å²) in [5.41, 5.74) is 4.75. The summed E-state index contributed by atoms with van der Waals surface area (Å²) in [5.74, 6) is 0. The first kappa shape index (κ1) is 15.6. The van der Waals surface area contributed by atoms with Crippen LogP contribution in [0, 0.1) is 11.7 Å². The number of rotatable bonds is 4. The van der Waals surface area contributed by atoms with Crippen LogP contribution in [0.5, 0.6) is 0 Å². The predicted molar refractivity (Wildman–Crippen MR) is 70.1 cm³/mol. The molecule has 0 aliphatic rings. The van der Waals surface area contributed by atoms with Crippen LogP contribution in [-0.2, 0) is 4.65 Å². The first-order chi connectivity index (χ1) is 7.25. The second-order valence-corrected chi connectivity index (χ2v) is 10.6. The van der Waals surface area contributed by atoms with Gasteiger partial charge in [-0.15, -0.1) is 0 Å². The zero-order valence-corrected chi connectivity index (χ0v) is 12.1. The predicted octanol–water partition coefficient (Wildman–Crippen LogP) is 2.15. The Kier molecular flexibility index (Phi) is 6.16. The lowest BCUT2D eigenvalue weighted by atomic mass is 10.3. The second kappa shape index (κ2) is 6.33. The molecular formula is C11H23BO3Si. The number of hydrogen-bond donors (Lipinski definition) is 2. The summed E-state index contributed by atoms with van der Waals surface area (Å²) in [6.45, 7) is 13.1. The van der Waals surface area contributed by atoms with Crippen LogP contribution in [0.4, 0.5) is 0 Å². The molecule has 2 N–H and O–H groups in total. The van der Waals surface area contributed by atoms with Crippen LogP contribution in [0.15, 0.2) is 0 Å². The molecule has 0 unspecified atom stereocenters. The fourth-order valence-electron chi connectivity index (χ4n) is 2.60. The molecule has 0 saturated heterocycles. The Hall–Kier alpha value is -0.438. The topological polar surface area (TPSA) is 49.7 Å². The van der Waals surface area contributed by atoms with Crippen molar-refractivity contribution in [2.75, 3.05) is 0 Å². The largest absolute Gasteiger partial charge is 0.716 e. The molecule has 0 aliphatic heterocycles. The van der Waals surface area contributed by atoms with Crippen molar-refractivity contribution in [1.29, 1.82) is 0 Å². The monoisotopic (exact) mass is 242 g/mol. The summed E-state index contributed by atoms with van der Waals surface area (Å²) >= 11 is 0. The van der Waals surface area contributed by atoms with Crippen LogP contribution in [0.3, 0.4) is 0 Å². The SMILES string of the molecule is CC(C)[Si](C#COB(O)O)(C(C)C)C(C)C. The van der Waals surface area contributed by atoms with E-state index in [0.29, 0.717) is 16.6 Å². The molecular weight excluding hydrogens is 219 g/mol. The van der Waals surface area contributed by atoms with Gasteiger partial charge in [-0.25, -0.2) is 0 Å². The minimum Gasteiger partial charge on any atom is -0.463 e. The van der Waals surface area contributed by atoms with Gasteiger partial charge in [0.05, 0.1) is 6.11 Å². The Balaban J connectivity index is 5.10. The highest BCUT2D eigenvalue weighted by atomic mass is 28.3. The minimum absolute atomic E-state index is 0.513. The van der Waals surface area contributed by atoms with Crippen LogP contribution in [0.1, 0.15) is 41.5 Å². The van der Waals surface area contributed by atoms with Crippen LogP contribution >= 0.6 is 0 Å². The molecule has 0 fully saturated rings. The first-order valence-corrected chi connectivity index (χ1v) is 8.02. The fraction of sp³-hybridized carbons (Fsp3) is 0.818. The number of hydrogen-bond acceptors (Lipinski definition) is 3. The van der Waals surface area contributed by atoms with Crippen molar-refractivity contribution in [2.24, 2.45) is 0 Å². The summed E-state index contributed by atoms with van der Waals surface area (Å²) in [6, 6.07) is 0. The quantitative estimate of drug-likeness (QED) is 0.586. The van der Waals surface area contributed by atoms with Gasteiger partial charge < -0.3 is 14.7 Å². The lowest BCUT2D eigenvalue weighted by Crippen LogP contribution is -2.43. The van der Waals surface area contributed by atoms with Crippen molar-refractivity contribution >= 4 is 15.4 Å². The van der Waals surface area contributed by atoms with Crippen molar-refractivity contribution in [3.63, 3.8) is 0 Å². The van der Waals surface area contributed by atoms with Gasteiger partial charge in [-0.2, -0.15) is 0 Å². The van der Waals surface area contributed by atoms with E-state index >= 15 is 0 Å². The van der Waals surface area contributed by atoms with Crippen molar-refractivity contribution in [3.05, 3.63) is 0 Å². The highest BCUT2D eigenvalue weighted by Gasteiger charge is 2.42. The maximum absolute atomic E-state index is 8.61. The van der Waals surface area contributed by atoms with E-state index in [-0.39, 0.29) is 0 Å². The van der Waals surface area contributed by atoms with Crippen molar-refractivity contribution in [3.8, 4) is 11.7 Å².